The largest absolute Gasteiger partial charge is 0.333 e. The Morgan fingerprint density at radius 2 is 1.81 bits per heavy atom. The van der Waals surface area contributed by atoms with Crippen molar-refractivity contribution in [3.63, 3.8) is 0 Å². The molecule has 5 rings (SSSR count). The number of hydrogen-bond donors (Lipinski definition) is 1. The summed E-state index contributed by atoms with van der Waals surface area (Å²) in [7, 11) is 0. The molecule has 2 aromatic carbocycles. The molecule has 1 N–H and O–H groups in total. The SMILES string of the molecule is CCCCc1cn(-c2c(C)cccc2CC)c(=O)n1Cc1ccc(-c2ccccc2-c2nn[nH]n2)nc1. The molecule has 8 heteroatoms. The average molecular weight is 494 g/mol. The van der Waals surface area contributed by atoms with E-state index in [9.17, 15) is 4.79 Å². The molecular weight excluding hydrogens is 462 g/mol. The molecule has 0 atom stereocenters. The van der Waals surface area contributed by atoms with Crippen LogP contribution in [0.4, 0.5) is 0 Å². The maximum atomic E-state index is 13.7. The normalized spacial score (nSPS) is 11.2. The first-order valence-corrected chi connectivity index (χ1v) is 12.8. The molecule has 0 saturated carbocycles. The van der Waals surface area contributed by atoms with Crippen molar-refractivity contribution >= 4 is 0 Å². The highest BCUT2D eigenvalue weighted by Crippen LogP contribution is 2.28. The molecule has 0 fully saturated rings. The molecule has 0 unspecified atom stereocenters. The zero-order chi connectivity index (χ0) is 25.8. The Morgan fingerprint density at radius 3 is 2.51 bits per heavy atom. The van der Waals surface area contributed by atoms with Crippen LogP contribution in [-0.2, 0) is 19.4 Å². The summed E-state index contributed by atoms with van der Waals surface area (Å²) in [6.45, 7) is 6.84. The molecule has 0 aliphatic carbocycles. The minimum Gasteiger partial charge on any atom is -0.292 e. The average Bonchev–Trinajstić information content (AvgIpc) is 3.57. The van der Waals surface area contributed by atoms with Crippen LogP contribution in [0.25, 0.3) is 28.3 Å². The third kappa shape index (κ3) is 4.87. The highest BCUT2D eigenvalue weighted by molar-refractivity contribution is 5.78. The van der Waals surface area contributed by atoms with Crippen molar-refractivity contribution in [2.75, 3.05) is 0 Å². The number of hydrogen-bond acceptors (Lipinski definition) is 5. The third-order valence-electron chi connectivity index (χ3n) is 6.75. The van der Waals surface area contributed by atoms with Gasteiger partial charge in [-0.15, -0.1) is 10.2 Å². The smallest absolute Gasteiger partial charge is 0.292 e. The van der Waals surface area contributed by atoms with Crippen molar-refractivity contribution in [2.24, 2.45) is 0 Å². The lowest BCUT2D eigenvalue weighted by molar-refractivity contribution is 0.672. The molecule has 37 heavy (non-hydrogen) atoms. The summed E-state index contributed by atoms with van der Waals surface area (Å²) in [5.74, 6) is 0.526. The molecule has 0 spiro atoms. The van der Waals surface area contributed by atoms with Crippen LogP contribution >= 0.6 is 0 Å². The maximum Gasteiger partial charge on any atom is 0.333 e. The monoisotopic (exact) mass is 493 g/mol. The standard InChI is InChI=1S/C29H31N7O/c1-4-6-12-23-19-36(27-20(3)10-9-11-22(27)5-2)29(37)35(23)18-21-15-16-26(30-17-21)24-13-7-8-14-25(24)28-31-33-34-32-28/h7-11,13-17,19H,4-6,12,18H2,1-3H3,(H,31,32,33,34). The van der Waals surface area contributed by atoms with Gasteiger partial charge in [-0.2, -0.15) is 5.21 Å². The zero-order valence-electron chi connectivity index (χ0n) is 21.5. The van der Waals surface area contributed by atoms with E-state index in [0.717, 1.165) is 65.0 Å². The van der Waals surface area contributed by atoms with Gasteiger partial charge < -0.3 is 0 Å². The highest BCUT2D eigenvalue weighted by Gasteiger charge is 2.17. The van der Waals surface area contributed by atoms with E-state index in [-0.39, 0.29) is 5.69 Å². The first-order chi connectivity index (χ1) is 18.1. The fourth-order valence-electron chi connectivity index (χ4n) is 4.80. The molecule has 3 heterocycles. The van der Waals surface area contributed by atoms with Gasteiger partial charge in [0.25, 0.3) is 0 Å². The van der Waals surface area contributed by atoms with Crippen molar-refractivity contribution in [1.29, 1.82) is 0 Å². The fraction of sp³-hybridized carbons (Fsp3) is 0.276. The van der Waals surface area contributed by atoms with E-state index >= 15 is 0 Å². The van der Waals surface area contributed by atoms with Gasteiger partial charge in [0, 0.05) is 29.2 Å². The molecule has 3 aromatic heterocycles. The highest BCUT2D eigenvalue weighted by atomic mass is 16.1. The molecule has 0 amide bonds. The van der Waals surface area contributed by atoms with E-state index in [1.807, 2.05) is 57.9 Å². The van der Waals surface area contributed by atoms with Crippen molar-refractivity contribution in [3.8, 4) is 28.3 Å². The van der Waals surface area contributed by atoms with Crippen LogP contribution < -0.4 is 5.69 Å². The number of para-hydroxylation sites is 1. The summed E-state index contributed by atoms with van der Waals surface area (Å²) in [6, 6.07) is 18.1. The van der Waals surface area contributed by atoms with Gasteiger partial charge in [0.05, 0.1) is 17.9 Å². The number of aromatic amines is 1. The summed E-state index contributed by atoms with van der Waals surface area (Å²) in [5.41, 5.74) is 7.88. The minimum atomic E-state index is -0.0124. The number of imidazole rings is 1. The number of benzene rings is 2. The molecule has 5 aromatic rings. The number of nitrogens with zero attached hydrogens (tertiary/aromatic N) is 6. The molecule has 188 valence electrons. The molecule has 0 aliphatic rings. The van der Waals surface area contributed by atoms with Crippen molar-refractivity contribution in [2.45, 2.75) is 53.0 Å². The second kappa shape index (κ2) is 10.7. The lowest BCUT2D eigenvalue weighted by Gasteiger charge is -2.11. The predicted molar refractivity (Wildman–Crippen MR) is 145 cm³/mol. The van der Waals surface area contributed by atoms with E-state index in [2.05, 4.69) is 59.6 Å². The topological polar surface area (TPSA) is 94.3 Å². The van der Waals surface area contributed by atoms with Gasteiger partial charge in [-0.3, -0.25) is 14.1 Å². The first-order valence-electron chi connectivity index (χ1n) is 12.8. The zero-order valence-corrected chi connectivity index (χ0v) is 21.5. The first kappa shape index (κ1) is 24.4. The summed E-state index contributed by atoms with van der Waals surface area (Å²) in [5, 5.41) is 14.4. The molecule has 0 aliphatic heterocycles. The molecule has 0 radical (unpaired) electrons. The lowest BCUT2D eigenvalue weighted by atomic mass is 10.0. The van der Waals surface area contributed by atoms with E-state index in [4.69, 9.17) is 4.98 Å². The van der Waals surface area contributed by atoms with Gasteiger partial charge >= 0.3 is 5.69 Å². The molecular formula is C29H31N7O. The van der Waals surface area contributed by atoms with Gasteiger partial charge in [-0.1, -0.05) is 68.8 Å². The van der Waals surface area contributed by atoms with Gasteiger partial charge in [0.1, 0.15) is 0 Å². The summed E-state index contributed by atoms with van der Waals surface area (Å²) in [4.78, 5) is 18.5. The Kier molecular flexibility index (Phi) is 7.07. The Morgan fingerprint density at radius 1 is 0.973 bits per heavy atom. The summed E-state index contributed by atoms with van der Waals surface area (Å²) < 4.78 is 3.73. The number of aromatic nitrogens is 7. The number of rotatable bonds is 9. The maximum absolute atomic E-state index is 13.7. The van der Waals surface area contributed by atoms with E-state index in [1.165, 1.54) is 5.56 Å². The minimum absolute atomic E-state index is 0.0124. The number of H-pyrrole nitrogens is 1. The summed E-state index contributed by atoms with van der Waals surface area (Å²) >= 11 is 0. The van der Waals surface area contributed by atoms with Crippen LogP contribution in [0.2, 0.25) is 0 Å². The lowest BCUT2D eigenvalue weighted by Crippen LogP contribution is -2.25. The van der Waals surface area contributed by atoms with Gasteiger partial charge in [-0.05, 0) is 54.2 Å². The Bertz CT molecular complexity index is 1550. The summed E-state index contributed by atoms with van der Waals surface area (Å²) in [6.07, 6.45) is 7.70. The van der Waals surface area contributed by atoms with Crippen LogP contribution in [0.1, 0.15) is 49.1 Å². The second-order valence-corrected chi connectivity index (χ2v) is 9.23. The van der Waals surface area contributed by atoms with E-state index < -0.39 is 0 Å². The molecule has 8 nitrogen and oxygen atoms in total. The second-order valence-electron chi connectivity index (χ2n) is 9.23. The fourth-order valence-corrected chi connectivity index (χ4v) is 4.80. The van der Waals surface area contributed by atoms with E-state index in [0.29, 0.717) is 12.4 Å². The van der Waals surface area contributed by atoms with Crippen LogP contribution in [-0.4, -0.2) is 34.7 Å². The predicted octanol–water partition coefficient (Wildman–Crippen LogP) is 5.14. The molecule has 0 saturated heterocycles. The van der Waals surface area contributed by atoms with Gasteiger partial charge in [0.2, 0.25) is 5.82 Å². The van der Waals surface area contributed by atoms with Gasteiger partial charge in [0.15, 0.2) is 0 Å². The number of unbranched alkanes of at least 4 members (excludes halogenated alkanes) is 1. The Balaban J connectivity index is 1.50. The van der Waals surface area contributed by atoms with Crippen LogP contribution in [0.5, 0.6) is 0 Å². The Hall–Kier alpha value is -4.33. The van der Waals surface area contributed by atoms with Gasteiger partial charge in [-0.25, -0.2) is 4.79 Å². The number of pyridine rings is 1. The Labute approximate surface area is 216 Å². The quantitative estimate of drug-likeness (QED) is 0.307. The van der Waals surface area contributed by atoms with Crippen LogP contribution in [0.3, 0.4) is 0 Å². The van der Waals surface area contributed by atoms with Crippen molar-refractivity contribution < 1.29 is 0 Å². The number of tetrazole rings is 1. The number of nitrogens with one attached hydrogen (secondary N) is 1. The van der Waals surface area contributed by atoms with Crippen LogP contribution in [0, 0.1) is 6.92 Å². The third-order valence-corrected chi connectivity index (χ3v) is 6.75. The van der Waals surface area contributed by atoms with Crippen LogP contribution in [0.15, 0.2) is 71.8 Å². The number of aryl methyl sites for hydroxylation is 3. The molecule has 0 bridgehead atoms. The van der Waals surface area contributed by atoms with E-state index in [1.54, 1.807) is 0 Å². The van der Waals surface area contributed by atoms with Crippen molar-refractivity contribution in [3.05, 3.63) is 99.9 Å². The van der Waals surface area contributed by atoms with Crippen molar-refractivity contribution in [1.82, 2.24) is 34.7 Å².